The van der Waals surface area contributed by atoms with Crippen LogP contribution in [-0.4, -0.2) is 5.11 Å². The summed E-state index contributed by atoms with van der Waals surface area (Å²) in [5.74, 6) is 0.712. The van der Waals surface area contributed by atoms with E-state index in [1.165, 1.54) is 12.8 Å². The zero-order valence-corrected chi connectivity index (χ0v) is 9.09. The third-order valence-corrected chi connectivity index (χ3v) is 3.06. The molecule has 1 fully saturated rings. The second-order valence-electron chi connectivity index (χ2n) is 4.43. The molecule has 0 aliphatic heterocycles. The first-order valence-electron chi connectivity index (χ1n) is 5.06. The average molecular weight is 211 g/mol. The van der Waals surface area contributed by atoms with Gasteiger partial charge in [0.15, 0.2) is 0 Å². The Bertz CT molecular complexity index is 329. The van der Waals surface area contributed by atoms with E-state index in [1.54, 1.807) is 0 Å². The molecule has 14 heavy (non-hydrogen) atoms. The van der Waals surface area contributed by atoms with E-state index in [1.807, 2.05) is 31.2 Å². The van der Waals surface area contributed by atoms with E-state index in [9.17, 15) is 5.11 Å². The van der Waals surface area contributed by atoms with Gasteiger partial charge in [0.25, 0.3) is 0 Å². The molecule has 0 aromatic heterocycles. The van der Waals surface area contributed by atoms with Gasteiger partial charge in [-0.25, -0.2) is 0 Å². The van der Waals surface area contributed by atoms with Gasteiger partial charge >= 0.3 is 0 Å². The fraction of sp³-hybridized carbons (Fsp3) is 0.500. The van der Waals surface area contributed by atoms with Crippen molar-refractivity contribution in [1.29, 1.82) is 0 Å². The van der Waals surface area contributed by atoms with Gasteiger partial charge in [0, 0.05) is 5.02 Å². The van der Waals surface area contributed by atoms with Gasteiger partial charge in [-0.2, -0.15) is 0 Å². The minimum Gasteiger partial charge on any atom is -0.385 e. The molecule has 1 aromatic rings. The molecule has 1 aromatic carbocycles. The lowest BCUT2D eigenvalue weighted by molar-refractivity contribution is 0.0417. The van der Waals surface area contributed by atoms with Crippen LogP contribution in [-0.2, 0) is 5.60 Å². The van der Waals surface area contributed by atoms with Crippen LogP contribution in [0.5, 0.6) is 0 Å². The van der Waals surface area contributed by atoms with Crippen molar-refractivity contribution in [2.45, 2.75) is 31.8 Å². The molecule has 1 N–H and O–H groups in total. The predicted molar refractivity (Wildman–Crippen MR) is 58.4 cm³/mol. The summed E-state index contributed by atoms with van der Waals surface area (Å²) in [7, 11) is 0. The molecule has 2 heteroatoms. The first-order chi connectivity index (χ1) is 6.58. The maximum absolute atomic E-state index is 10.3. The highest BCUT2D eigenvalue weighted by Gasteiger charge is 2.32. The summed E-state index contributed by atoms with van der Waals surface area (Å²) in [5.41, 5.74) is 0.211. The van der Waals surface area contributed by atoms with Crippen LogP contribution in [0.3, 0.4) is 0 Å². The smallest absolute Gasteiger partial charge is 0.0871 e. The topological polar surface area (TPSA) is 20.2 Å². The van der Waals surface area contributed by atoms with E-state index < -0.39 is 5.60 Å². The average Bonchev–Trinajstić information content (AvgIpc) is 2.87. The number of hydrogen-bond acceptors (Lipinski definition) is 1. The Labute approximate surface area is 89.7 Å². The minimum absolute atomic E-state index is 0.693. The summed E-state index contributed by atoms with van der Waals surface area (Å²) in [6.45, 7) is 1.87. The molecular formula is C12H15ClO. The lowest BCUT2D eigenvalue weighted by Gasteiger charge is -2.23. The molecule has 1 atom stereocenters. The summed E-state index contributed by atoms with van der Waals surface area (Å²) >= 11 is 5.89. The largest absolute Gasteiger partial charge is 0.385 e. The van der Waals surface area contributed by atoms with E-state index in [0.29, 0.717) is 10.9 Å². The summed E-state index contributed by atoms with van der Waals surface area (Å²) in [6.07, 6.45) is 3.38. The quantitative estimate of drug-likeness (QED) is 0.812. The predicted octanol–water partition coefficient (Wildman–Crippen LogP) is 3.35. The van der Waals surface area contributed by atoms with Gasteiger partial charge in [0.1, 0.15) is 0 Å². The SMILES string of the molecule is CC(O)(CC1CC1)c1cccc(Cl)c1. The van der Waals surface area contributed by atoms with Gasteiger partial charge in [0.05, 0.1) is 5.60 Å². The van der Waals surface area contributed by atoms with E-state index in [4.69, 9.17) is 11.6 Å². The molecule has 0 spiro atoms. The van der Waals surface area contributed by atoms with E-state index in [-0.39, 0.29) is 0 Å². The standard InChI is InChI=1S/C12H15ClO/c1-12(14,8-9-5-6-9)10-3-2-4-11(13)7-10/h2-4,7,9,14H,5-6,8H2,1H3. The lowest BCUT2D eigenvalue weighted by Crippen LogP contribution is -2.21. The Morgan fingerprint density at radius 1 is 1.50 bits per heavy atom. The van der Waals surface area contributed by atoms with E-state index >= 15 is 0 Å². The fourth-order valence-corrected chi connectivity index (χ4v) is 2.02. The van der Waals surface area contributed by atoms with Crippen molar-refractivity contribution >= 4 is 11.6 Å². The van der Waals surface area contributed by atoms with Crippen LogP contribution in [0.4, 0.5) is 0 Å². The Hall–Kier alpha value is -0.530. The molecule has 1 unspecified atom stereocenters. The van der Waals surface area contributed by atoms with E-state index in [0.717, 1.165) is 12.0 Å². The zero-order valence-electron chi connectivity index (χ0n) is 8.33. The van der Waals surface area contributed by atoms with Crippen LogP contribution in [0.1, 0.15) is 31.7 Å². The summed E-state index contributed by atoms with van der Waals surface area (Å²) in [4.78, 5) is 0. The monoisotopic (exact) mass is 210 g/mol. The van der Waals surface area contributed by atoms with E-state index in [2.05, 4.69) is 0 Å². The highest BCUT2D eigenvalue weighted by atomic mass is 35.5. The van der Waals surface area contributed by atoms with Gasteiger partial charge in [-0.05, 0) is 37.0 Å². The summed E-state index contributed by atoms with van der Waals surface area (Å²) in [5, 5.41) is 11.0. The molecule has 1 aliphatic rings. The van der Waals surface area contributed by atoms with Crippen molar-refractivity contribution in [3.8, 4) is 0 Å². The minimum atomic E-state index is -0.716. The van der Waals surface area contributed by atoms with Crippen molar-refractivity contribution < 1.29 is 5.11 Å². The van der Waals surface area contributed by atoms with Crippen LogP contribution in [0.25, 0.3) is 0 Å². The maximum Gasteiger partial charge on any atom is 0.0871 e. The number of halogens is 1. The second kappa shape index (κ2) is 3.56. The third kappa shape index (κ3) is 2.28. The molecule has 0 heterocycles. The van der Waals surface area contributed by atoms with Crippen LogP contribution in [0.2, 0.25) is 5.02 Å². The van der Waals surface area contributed by atoms with Gasteiger partial charge in [-0.15, -0.1) is 0 Å². The second-order valence-corrected chi connectivity index (χ2v) is 4.87. The Morgan fingerprint density at radius 3 is 2.79 bits per heavy atom. The first-order valence-corrected chi connectivity index (χ1v) is 5.44. The molecule has 0 amide bonds. The van der Waals surface area contributed by atoms with Crippen LogP contribution < -0.4 is 0 Å². The summed E-state index contributed by atoms with van der Waals surface area (Å²) in [6, 6.07) is 7.51. The third-order valence-electron chi connectivity index (χ3n) is 2.83. The number of benzene rings is 1. The molecule has 0 saturated heterocycles. The normalized spacial score (nSPS) is 20.5. The van der Waals surface area contributed by atoms with Crippen molar-refractivity contribution in [3.63, 3.8) is 0 Å². The molecule has 1 nitrogen and oxygen atoms in total. The maximum atomic E-state index is 10.3. The van der Waals surface area contributed by atoms with Crippen molar-refractivity contribution in [2.75, 3.05) is 0 Å². The molecular weight excluding hydrogens is 196 g/mol. The van der Waals surface area contributed by atoms with Crippen LogP contribution in [0.15, 0.2) is 24.3 Å². The first kappa shape index (κ1) is 10.0. The Kier molecular flexibility index (Phi) is 2.54. The molecule has 76 valence electrons. The van der Waals surface area contributed by atoms with Crippen LogP contribution in [0, 0.1) is 5.92 Å². The Morgan fingerprint density at radius 2 is 2.21 bits per heavy atom. The lowest BCUT2D eigenvalue weighted by atomic mass is 9.90. The molecule has 1 saturated carbocycles. The zero-order chi connectivity index (χ0) is 10.2. The highest BCUT2D eigenvalue weighted by molar-refractivity contribution is 6.30. The molecule has 1 aliphatic carbocycles. The van der Waals surface area contributed by atoms with Crippen molar-refractivity contribution in [1.82, 2.24) is 0 Å². The molecule has 2 rings (SSSR count). The van der Waals surface area contributed by atoms with Crippen LogP contribution >= 0.6 is 11.6 Å². The van der Waals surface area contributed by atoms with Crippen molar-refractivity contribution in [2.24, 2.45) is 5.92 Å². The van der Waals surface area contributed by atoms with Gasteiger partial charge in [0.2, 0.25) is 0 Å². The van der Waals surface area contributed by atoms with Crippen molar-refractivity contribution in [3.05, 3.63) is 34.9 Å². The number of aliphatic hydroxyl groups is 1. The highest BCUT2D eigenvalue weighted by Crippen LogP contribution is 2.40. The number of rotatable bonds is 3. The fourth-order valence-electron chi connectivity index (χ4n) is 1.83. The molecule has 0 radical (unpaired) electrons. The molecule has 0 bridgehead atoms. The van der Waals surface area contributed by atoms with Gasteiger partial charge < -0.3 is 5.11 Å². The Balaban J connectivity index is 2.18. The number of hydrogen-bond donors (Lipinski definition) is 1. The summed E-state index contributed by atoms with van der Waals surface area (Å²) < 4.78 is 0. The van der Waals surface area contributed by atoms with Gasteiger partial charge in [-0.1, -0.05) is 36.6 Å². The van der Waals surface area contributed by atoms with Gasteiger partial charge in [-0.3, -0.25) is 0 Å².